The predicted molar refractivity (Wildman–Crippen MR) is 148 cm³/mol. The summed E-state index contributed by atoms with van der Waals surface area (Å²) >= 11 is -3.07. The van der Waals surface area contributed by atoms with Crippen LogP contribution in [0.5, 0.6) is 11.5 Å². The third-order valence-electron chi connectivity index (χ3n) is 7.12. The van der Waals surface area contributed by atoms with Gasteiger partial charge in [-0.25, -0.2) is 0 Å². The van der Waals surface area contributed by atoms with E-state index in [2.05, 4.69) is 100.0 Å². The molecule has 0 spiro atoms. The Morgan fingerprint density at radius 1 is 0.667 bits per heavy atom. The summed E-state index contributed by atoms with van der Waals surface area (Å²) in [6.07, 6.45) is 0. The Morgan fingerprint density at radius 2 is 1.06 bits per heavy atom. The average Bonchev–Trinajstić information content (AvgIpc) is 2.77. The molecule has 1 aliphatic heterocycles. The monoisotopic (exact) mass is 552 g/mol. The molecule has 3 rings (SSSR count). The zero-order valence-electron chi connectivity index (χ0n) is 22.2. The molecule has 0 N–H and O–H groups in total. The van der Waals surface area contributed by atoms with E-state index >= 15 is 0 Å². The molecule has 0 aliphatic carbocycles. The van der Waals surface area contributed by atoms with E-state index in [9.17, 15) is 0 Å². The van der Waals surface area contributed by atoms with Crippen molar-refractivity contribution >= 4 is 32.3 Å². The zero-order valence-corrected chi connectivity index (χ0v) is 25.1. The van der Waals surface area contributed by atoms with Gasteiger partial charge in [-0.3, -0.25) is 0 Å². The van der Waals surface area contributed by atoms with Crippen molar-refractivity contribution in [1.29, 1.82) is 0 Å². The molecule has 0 saturated carbocycles. The van der Waals surface area contributed by atoms with Gasteiger partial charge in [-0.15, -0.1) is 0 Å². The van der Waals surface area contributed by atoms with E-state index in [0.29, 0.717) is 24.4 Å². The van der Waals surface area contributed by atoms with Crippen molar-refractivity contribution in [2.24, 2.45) is 11.8 Å². The van der Waals surface area contributed by atoms with Gasteiger partial charge in [0.1, 0.15) is 0 Å². The van der Waals surface area contributed by atoms with Crippen LogP contribution in [0.1, 0.15) is 52.7 Å². The van der Waals surface area contributed by atoms with Crippen LogP contribution >= 0.6 is 0 Å². The van der Waals surface area contributed by atoms with Crippen molar-refractivity contribution in [2.75, 3.05) is 14.2 Å². The standard InChI is InChI=1S/C27H35BO2.2CH3.Sn/c1-19(2)26(17-22-11-9-13-24(15-22)29-7)28(21(5)6)27(20(3)4)18-23-12-10-14-25(16-23)30-8;;;/h9-16,19-21H,1-8H3;2*1H3;. The van der Waals surface area contributed by atoms with Gasteiger partial charge in [-0.1, -0.05) is 0 Å². The van der Waals surface area contributed by atoms with Crippen LogP contribution in [0.4, 0.5) is 0 Å². The summed E-state index contributed by atoms with van der Waals surface area (Å²) < 4.78 is 14.6. The fourth-order valence-electron chi connectivity index (χ4n) is 5.95. The number of rotatable bonds is 7. The first-order chi connectivity index (χ1) is 15.5. The molecule has 2 aromatic rings. The van der Waals surface area contributed by atoms with Crippen LogP contribution in [0.2, 0.25) is 15.7 Å². The quantitative estimate of drug-likeness (QED) is 0.325. The van der Waals surface area contributed by atoms with Crippen LogP contribution in [-0.2, 0) is 0 Å². The molecule has 0 atom stereocenters. The van der Waals surface area contributed by atoms with Crippen LogP contribution in [0.25, 0.3) is 7.18 Å². The molecular formula is C29H41BO2Sn. The van der Waals surface area contributed by atoms with E-state index < -0.39 is 18.4 Å². The fourth-order valence-corrected chi connectivity index (χ4v) is 18.3. The van der Waals surface area contributed by atoms with Gasteiger partial charge in [-0.05, 0) is 0 Å². The van der Waals surface area contributed by atoms with Crippen LogP contribution in [0.15, 0.2) is 59.5 Å². The minimum atomic E-state index is -3.07. The molecule has 4 heteroatoms. The third-order valence-corrected chi connectivity index (χ3v) is 17.6. The summed E-state index contributed by atoms with van der Waals surface area (Å²) in [6.45, 7) is 14.8. The summed E-state index contributed by atoms with van der Waals surface area (Å²) in [4.78, 5) is 5.22. The Balaban J connectivity index is 2.45. The van der Waals surface area contributed by atoms with Crippen molar-refractivity contribution in [1.82, 2.24) is 0 Å². The summed E-state index contributed by atoms with van der Waals surface area (Å²) in [7, 11) is 3.53. The summed E-state index contributed by atoms with van der Waals surface area (Å²) in [5.74, 6) is 3.40. The molecule has 1 heterocycles. The van der Waals surface area contributed by atoms with E-state index in [-0.39, 0.29) is 0 Å². The molecule has 176 valence electrons. The number of allylic oxidation sites excluding steroid dienone is 2. The van der Waals surface area contributed by atoms with Crippen molar-refractivity contribution < 1.29 is 9.47 Å². The topological polar surface area (TPSA) is 18.5 Å². The maximum atomic E-state index is 5.66. The van der Waals surface area contributed by atoms with Crippen molar-refractivity contribution in [3.63, 3.8) is 0 Å². The van der Waals surface area contributed by atoms with Crippen molar-refractivity contribution in [3.05, 3.63) is 70.6 Å². The molecule has 0 unspecified atom stereocenters. The van der Waals surface area contributed by atoms with Gasteiger partial charge in [0.2, 0.25) is 0 Å². The molecule has 1 aliphatic rings. The van der Waals surface area contributed by atoms with Crippen LogP contribution < -0.4 is 9.47 Å². The van der Waals surface area contributed by atoms with Gasteiger partial charge in [-0.2, -0.15) is 0 Å². The Labute approximate surface area is 206 Å². The SMILES string of the molecule is COc1cccc([C]2=C(C(C)C)B(C(C)C)C(C(C)C)=[C](c3cccc(OC)c3)[Sn]2([CH3])[CH3])c1. The van der Waals surface area contributed by atoms with E-state index in [0.717, 1.165) is 11.5 Å². The second-order valence-electron chi connectivity index (χ2n) is 10.8. The van der Waals surface area contributed by atoms with Crippen LogP contribution in [0.3, 0.4) is 0 Å². The molecule has 0 saturated heterocycles. The number of hydrogen-bond acceptors (Lipinski definition) is 2. The predicted octanol–water partition coefficient (Wildman–Crippen LogP) is 8.01. The second-order valence-corrected chi connectivity index (χ2v) is 22.9. The van der Waals surface area contributed by atoms with E-state index in [1.54, 1.807) is 32.3 Å². The summed E-state index contributed by atoms with van der Waals surface area (Å²) in [6, 6.07) is 17.6. The summed E-state index contributed by atoms with van der Waals surface area (Å²) in [5, 5.41) is 0. The first-order valence-electron chi connectivity index (χ1n) is 12.3. The Morgan fingerprint density at radius 3 is 1.36 bits per heavy atom. The second kappa shape index (κ2) is 10.3. The average molecular weight is 551 g/mol. The normalized spacial score (nSPS) is 16.3. The van der Waals surface area contributed by atoms with Crippen molar-refractivity contribution in [3.8, 4) is 11.5 Å². The maximum absolute atomic E-state index is 5.66. The van der Waals surface area contributed by atoms with Gasteiger partial charge >= 0.3 is 207 Å². The fraction of sp³-hybridized carbons (Fsp3) is 0.448. The number of methoxy groups -OCH3 is 2. The van der Waals surface area contributed by atoms with Gasteiger partial charge in [0.05, 0.1) is 0 Å². The molecule has 2 aromatic carbocycles. The number of ether oxygens (including phenoxy) is 2. The minimum absolute atomic E-state index is 0.442. The van der Waals surface area contributed by atoms with Crippen molar-refractivity contribution in [2.45, 2.75) is 57.2 Å². The van der Waals surface area contributed by atoms with E-state index in [4.69, 9.17) is 9.47 Å². The first kappa shape index (κ1) is 26.0. The molecule has 0 fully saturated rings. The van der Waals surface area contributed by atoms with E-state index in [1.165, 1.54) is 11.1 Å². The van der Waals surface area contributed by atoms with Gasteiger partial charge in [0, 0.05) is 0 Å². The molecule has 2 nitrogen and oxygen atoms in total. The molecule has 0 radical (unpaired) electrons. The molecule has 0 bridgehead atoms. The Hall–Kier alpha value is -1.62. The number of benzene rings is 2. The Bertz CT molecular complexity index is 983. The molecule has 33 heavy (non-hydrogen) atoms. The van der Waals surface area contributed by atoms with Crippen LogP contribution in [0, 0.1) is 11.8 Å². The third kappa shape index (κ3) is 4.94. The molecule has 0 aromatic heterocycles. The van der Waals surface area contributed by atoms with Crippen LogP contribution in [-0.4, -0.2) is 39.3 Å². The molecular weight excluding hydrogens is 510 g/mol. The van der Waals surface area contributed by atoms with Gasteiger partial charge in [0.15, 0.2) is 0 Å². The zero-order chi connectivity index (χ0) is 24.5. The first-order valence-corrected chi connectivity index (χ1v) is 20.9. The van der Waals surface area contributed by atoms with Gasteiger partial charge < -0.3 is 0 Å². The Kier molecular flexibility index (Phi) is 8.14. The molecule has 0 amide bonds. The van der Waals surface area contributed by atoms with Gasteiger partial charge in [0.25, 0.3) is 0 Å². The number of hydrogen-bond donors (Lipinski definition) is 0. The van der Waals surface area contributed by atoms with E-state index in [1.807, 2.05) is 0 Å². The summed E-state index contributed by atoms with van der Waals surface area (Å²) in [5.41, 5.74) is 6.03.